The van der Waals surface area contributed by atoms with Crippen LogP contribution in [0.2, 0.25) is 0 Å². The van der Waals surface area contributed by atoms with Gasteiger partial charge in [0.2, 0.25) is 5.91 Å². The number of hydrogen-bond donors (Lipinski definition) is 5. The molecule has 0 aliphatic heterocycles. The van der Waals surface area contributed by atoms with Gasteiger partial charge < -0.3 is 10.2 Å². The van der Waals surface area contributed by atoms with E-state index in [4.69, 9.17) is 10.3 Å². The molecule has 0 heterocycles. The van der Waals surface area contributed by atoms with E-state index in [2.05, 4.69) is 28.6 Å². The lowest BCUT2D eigenvalue weighted by Gasteiger charge is -2.15. The van der Waals surface area contributed by atoms with Crippen LogP contribution in [-0.2, 0) is 16.0 Å². The topological polar surface area (TPSA) is 124 Å². The Kier molecular flexibility index (Phi) is 8.23. The Morgan fingerprint density at radius 3 is 2.38 bits per heavy atom. The van der Waals surface area contributed by atoms with Crippen LogP contribution in [0.15, 0.2) is 22.7 Å². The Balaban J connectivity index is 2.70. The first-order chi connectivity index (χ1) is 11.2. The van der Waals surface area contributed by atoms with Gasteiger partial charge in [0.15, 0.2) is 0 Å². The van der Waals surface area contributed by atoms with Gasteiger partial charge in [-0.1, -0.05) is 6.07 Å². The van der Waals surface area contributed by atoms with Crippen molar-refractivity contribution < 1.29 is 29.8 Å². The monoisotopic (exact) mass is 419 g/mol. The first-order valence-corrected chi connectivity index (χ1v) is 8.41. The minimum absolute atomic E-state index is 0.00912. The standard InChI is InChI=1S/C15H18BrNO6S/c16-12-6-8(1-4-11(12)15(21)22)5-9(14(19)20)2-3-10(24)7-13(18)17-23/h1,4,6,9-10,23-24H,2-3,5,7H2,(H,17,18)(H,19,20)(H,21,22). The molecule has 1 aromatic carbocycles. The molecule has 2 atom stereocenters. The van der Waals surface area contributed by atoms with Gasteiger partial charge >= 0.3 is 11.9 Å². The maximum Gasteiger partial charge on any atom is 0.336 e. The molecule has 0 aliphatic rings. The van der Waals surface area contributed by atoms with E-state index in [1.165, 1.54) is 11.5 Å². The molecule has 9 heteroatoms. The van der Waals surface area contributed by atoms with Crippen LogP contribution in [0.25, 0.3) is 0 Å². The second-order valence-electron chi connectivity index (χ2n) is 5.33. The van der Waals surface area contributed by atoms with E-state index in [0.717, 1.165) is 0 Å². The SMILES string of the molecule is O=C(CC(S)CCC(Cc1ccc(C(=O)O)c(Br)c1)C(=O)O)NO. The Labute approximate surface area is 152 Å². The van der Waals surface area contributed by atoms with Crippen LogP contribution < -0.4 is 5.48 Å². The molecule has 4 N–H and O–H groups in total. The van der Waals surface area contributed by atoms with E-state index >= 15 is 0 Å². The number of hydroxylamine groups is 1. The third kappa shape index (κ3) is 6.50. The van der Waals surface area contributed by atoms with Crippen molar-refractivity contribution >= 4 is 46.4 Å². The highest BCUT2D eigenvalue weighted by Crippen LogP contribution is 2.23. The van der Waals surface area contributed by atoms with Gasteiger partial charge in [-0.05, 0) is 52.9 Å². The second kappa shape index (κ2) is 9.65. The molecule has 0 saturated heterocycles. The highest BCUT2D eigenvalue weighted by molar-refractivity contribution is 9.10. The number of aliphatic carboxylic acids is 1. The smallest absolute Gasteiger partial charge is 0.336 e. The van der Waals surface area contributed by atoms with Crippen molar-refractivity contribution in [2.45, 2.75) is 30.9 Å². The van der Waals surface area contributed by atoms with Gasteiger partial charge in [0.05, 0.1) is 11.5 Å². The van der Waals surface area contributed by atoms with Crippen molar-refractivity contribution in [3.8, 4) is 0 Å². The van der Waals surface area contributed by atoms with Crippen molar-refractivity contribution in [1.29, 1.82) is 0 Å². The predicted octanol–water partition coefficient (Wildman–Crippen LogP) is 2.36. The average Bonchev–Trinajstić information content (AvgIpc) is 2.50. The van der Waals surface area contributed by atoms with Gasteiger partial charge in [-0.3, -0.25) is 14.8 Å². The number of aromatic carboxylic acids is 1. The van der Waals surface area contributed by atoms with Crippen molar-refractivity contribution in [3.05, 3.63) is 33.8 Å². The number of benzene rings is 1. The van der Waals surface area contributed by atoms with E-state index in [0.29, 0.717) is 22.9 Å². The fourth-order valence-corrected chi connectivity index (χ4v) is 3.12. The molecule has 1 aromatic rings. The Morgan fingerprint density at radius 2 is 1.88 bits per heavy atom. The van der Waals surface area contributed by atoms with Gasteiger partial charge in [0.1, 0.15) is 0 Å². The van der Waals surface area contributed by atoms with Crippen molar-refractivity contribution in [1.82, 2.24) is 5.48 Å². The molecule has 0 fully saturated rings. The van der Waals surface area contributed by atoms with Crippen LogP contribution in [0.3, 0.4) is 0 Å². The number of carbonyl (C=O) groups excluding carboxylic acids is 1. The van der Waals surface area contributed by atoms with Crippen molar-refractivity contribution in [2.75, 3.05) is 0 Å². The minimum Gasteiger partial charge on any atom is -0.481 e. The Hall–Kier alpha value is -1.58. The van der Waals surface area contributed by atoms with E-state index in [9.17, 15) is 19.5 Å². The number of thiol groups is 1. The molecule has 132 valence electrons. The fraction of sp³-hybridized carbons (Fsp3) is 0.400. The number of carboxylic acids is 2. The first-order valence-electron chi connectivity index (χ1n) is 7.10. The third-order valence-electron chi connectivity index (χ3n) is 3.49. The molecule has 2 unspecified atom stereocenters. The Bertz CT molecular complexity index is 624. The first kappa shape index (κ1) is 20.5. The molecule has 1 rings (SSSR count). The zero-order valence-electron chi connectivity index (χ0n) is 12.6. The summed E-state index contributed by atoms with van der Waals surface area (Å²) in [5, 5.41) is 26.4. The molecule has 0 radical (unpaired) electrons. The van der Waals surface area contributed by atoms with Gasteiger partial charge in [0.25, 0.3) is 0 Å². The van der Waals surface area contributed by atoms with E-state index in [-0.39, 0.29) is 23.7 Å². The molecule has 0 saturated carbocycles. The highest BCUT2D eigenvalue weighted by Gasteiger charge is 2.21. The van der Waals surface area contributed by atoms with Crippen LogP contribution in [0.4, 0.5) is 0 Å². The highest BCUT2D eigenvalue weighted by atomic mass is 79.9. The molecule has 0 aromatic heterocycles. The summed E-state index contributed by atoms with van der Waals surface area (Å²) in [6.07, 6.45) is 0.924. The number of carboxylic acid groups (broad SMARTS) is 2. The van der Waals surface area contributed by atoms with Gasteiger partial charge in [-0.15, -0.1) is 0 Å². The van der Waals surface area contributed by atoms with E-state index in [1.54, 1.807) is 12.1 Å². The van der Waals surface area contributed by atoms with Gasteiger partial charge in [-0.2, -0.15) is 12.6 Å². The van der Waals surface area contributed by atoms with Gasteiger partial charge in [-0.25, -0.2) is 10.3 Å². The molecule has 0 spiro atoms. The molecule has 0 bridgehead atoms. The number of nitrogens with one attached hydrogen (secondary N) is 1. The average molecular weight is 420 g/mol. The zero-order valence-corrected chi connectivity index (χ0v) is 15.1. The third-order valence-corrected chi connectivity index (χ3v) is 4.59. The summed E-state index contributed by atoms with van der Waals surface area (Å²) in [6, 6.07) is 4.60. The van der Waals surface area contributed by atoms with Crippen LogP contribution >= 0.6 is 28.6 Å². The fourth-order valence-electron chi connectivity index (χ4n) is 2.21. The van der Waals surface area contributed by atoms with Crippen molar-refractivity contribution in [2.24, 2.45) is 5.92 Å². The normalized spacial score (nSPS) is 13.1. The number of rotatable bonds is 9. The van der Waals surface area contributed by atoms with E-state index < -0.39 is 23.8 Å². The zero-order chi connectivity index (χ0) is 18.3. The molecule has 24 heavy (non-hydrogen) atoms. The Morgan fingerprint density at radius 1 is 1.21 bits per heavy atom. The summed E-state index contributed by atoms with van der Waals surface area (Å²) in [5.74, 6) is -3.29. The lowest BCUT2D eigenvalue weighted by atomic mass is 9.93. The second-order valence-corrected chi connectivity index (χ2v) is 6.91. The molecule has 0 aliphatic carbocycles. The quantitative estimate of drug-likeness (QED) is 0.237. The lowest BCUT2D eigenvalue weighted by Crippen LogP contribution is -2.23. The lowest BCUT2D eigenvalue weighted by molar-refractivity contribution is -0.142. The van der Waals surface area contributed by atoms with Crippen LogP contribution in [0, 0.1) is 5.92 Å². The van der Waals surface area contributed by atoms with E-state index in [1.807, 2.05) is 0 Å². The summed E-state index contributed by atoms with van der Waals surface area (Å²) in [6.45, 7) is 0. The number of amides is 1. The number of carbonyl (C=O) groups is 3. The van der Waals surface area contributed by atoms with Crippen LogP contribution in [-0.4, -0.2) is 38.5 Å². The summed E-state index contributed by atoms with van der Waals surface area (Å²) < 4.78 is 0.392. The summed E-state index contributed by atoms with van der Waals surface area (Å²) in [5.41, 5.74) is 2.31. The van der Waals surface area contributed by atoms with Crippen LogP contribution in [0.1, 0.15) is 35.2 Å². The largest absolute Gasteiger partial charge is 0.481 e. The summed E-state index contributed by atoms with van der Waals surface area (Å²) in [7, 11) is 0. The minimum atomic E-state index is -1.07. The molecule has 1 amide bonds. The number of hydrogen-bond acceptors (Lipinski definition) is 5. The van der Waals surface area contributed by atoms with Crippen LogP contribution in [0.5, 0.6) is 0 Å². The summed E-state index contributed by atoms with van der Waals surface area (Å²) in [4.78, 5) is 33.4. The summed E-state index contributed by atoms with van der Waals surface area (Å²) >= 11 is 7.37. The molecular formula is C15H18BrNO6S. The molecule has 7 nitrogen and oxygen atoms in total. The number of halogens is 1. The molecular weight excluding hydrogens is 402 g/mol. The maximum atomic E-state index is 11.4. The maximum absolute atomic E-state index is 11.4. The predicted molar refractivity (Wildman–Crippen MR) is 92.5 cm³/mol. The van der Waals surface area contributed by atoms with Crippen molar-refractivity contribution in [3.63, 3.8) is 0 Å². The van der Waals surface area contributed by atoms with Gasteiger partial charge in [0, 0.05) is 16.1 Å².